The molecule has 0 saturated heterocycles. The Morgan fingerprint density at radius 1 is 1.29 bits per heavy atom. The van der Waals surface area contributed by atoms with E-state index < -0.39 is 0 Å². The highest BCUT2D eigenvalue weighted by atomic mass is 32.1. The van der Waals surface area contributed by atoms with E-state index in [0.717, 1.165) is 28.4 Å². The quantitative estimate of drug-likeness (QED) is 0.724. The summed E-state index contributed by atoms with van der Waals surface area (Å²) in [6, 6.07) is 12.0. The monoisotopic (exact) mass is 338 g/mol. The van der Waals surface area contributed by atoms with E-state index in [2.05, 4.69) is 32.6 Å². The number of thiazole rings is 1. The van der Waals surface area contributed by atoms with Crippen LogP contribution in [-0.2, 0) is 6.42 Å². The van der Waals surface area contributed by atoms with Crippen molar-refractivity contribution in [3.05, 3.63) is 58.9 Å². The van der Waals surface area contributed by atoms with Crippen LogP contribution >= 0.6 is 11.3 Å². The number of rotatable bonds is 6. The molecule has 1 amide bonds. The number of carbonyl (C=O) groups is 1. The van der Waals surface area contributed by atoms with E-state index in [4.69, 9.17) is 0 Å². The fourth-order valence-corrected chi connectivity index (χ4v) is 3.45. The molecule has 2 aromatic heterocycles. The number of hydrogen-bond acceptors (Lipinski definition) is 4. The standard InChI is InChI=1S/C18H18N4OS/c23-17(16-10-15(21-22-16)12-6-7-12)19-9-8-14-11-24-18(20-14)13-4-2-1-3-5-13/h1-5,10-12H,6-9H2,(H,19,23)(H,21,22). The number of nitrogens with one attached hydrogen (secondary N) is 2. The third kappa shape index (κ3) is 3.38. The molecule has 2 N–H and O–H groups in total. The van der Waals surface area contributed by atoms with Crippen molar-refractivity contribution in [2.45, 2.75) is 25.2 Å². The molecule has 5 nitrogen and oxygen atoms in total. The first kappa shape index (κ1) is 15.1. The lowest BCUT2D eigenvalue weighted by Gasteiger charge is -2.01. The molecule has 24 heavy (non-hydrogen) atoms. The van der Waals surface area contributed by atoms with Crippen LogP contribution in [0.5, 0.6) is 0 Å². The Hall–Kier alpha value is -2.47. The number of aromatic nitrogens is 3. The first-order valence-electron chi connectivity index (χ1n) is 8.13. The molecule has 1 fully saturated rings. The second kappa shape index (κ2) is 6.57. The van der Waals surface area contributed by atoms with Crippen molar-refractivity contribution in [3.8, 4) is 10.6 Å². The third-order valence-electron chi connectivity index (χ3n) is 4.09. The summed E-state index contributed by atoms with van der Waals surface area (Å²) in [4.78, 5) is 16.7. The van der Waals surface area contributed by atoms with Gasteiger partial charge < -0.3 is 5.32 Å². The van der Waals surface area contributed by atoms with Crippen molar-refractivity contribution in [2.24, 2.45) is 0 Å². The molecule has 122 valence electrons. The fraction of sp³-hybridized carbons (Fsp3) is 0.278. The molecular formula is C18H18N4OS. The van der Waals surface area contributed by atoms with Gasteiger partial charge in [0.25, 0.3) is 5.91 Å². The summed E-state index contributed by atoms with van der Waals surface area (Å²) in [6.07, 6.45) is 3.10. The number of H-pyrrole nitrogens is 1. The second-order valence-corrected chi connectivity index (χ2v) is 6.86. The molecule has 0 bridgehead atoms. The molecule has 3 aromatic rings. The average Bonchev–Trinajstić information content (AvgIpc) is 3.16. The van der Waals surface area contributed by atoms with Crippen molar-refractivity contribution in [1.82, 2.24) is 20.5 Å². The molecule has 0 unspecified atom stereocenters. The predicted molar refractivity (Wildman–Crippen MR) is 94.1 cm³/mol. The Bertz CT molecular complexity index is 836. The van der Waals surface area contributed by atoms with Gasteiger partial charge in [-0.1, -0.05) is 30.3 Å². The van der Waals surface area contributed by atoms with Crippen LogP contribution in [-0.4, -0.2) is 27.6 Å². The minimum atomic E-state index is -0.128. The van der Waals surface area contributed by atoms with Crippen molar-refractivity contribution >= 4 is 17.2 Å². The number of nitrogens with zero attached hydrogens (tertiary/aromatic N) is 2. The zero-order valence-corrected chi connectivity index (χ0v) is 14.0. The molecule has 0 atom stereocenters. The summed E-state index contributed by atoms with van der Waals surface area (Å²) in [5.74, 6) is 0.446. The number of benzene rings is 1. The fourth-order valence-electron chi connectivity index (χ4n) is 2.59. The van der Waals surface area contributed by atoms with Crippen LogP contribution in [0, 0.1) is 0 Å². The van der Waals surface area contributed by atoms with Crippen LogP contribution in [0.1, 0.15) is 40.6 Å². The van der Waals surface area contributed by atoms with Gasteiger partial charge in [-0.25, -0.2) is 4.98 Å². The third-order valence-corrected chi connectivity index (χ3v) is 5.03. The van der Waals surface area contributed by atoms with E-state index in [9.17, 15) is 4.79 Å². The molecule has 4 rings (SSSR count). The summed E-state index contributed by atoms with van der Waals surface area (Å²) in [7, 11) is 0. The van der Waals surface area contributed by atoms with E-state index >= 15 is 0 Å². The lowest BCUT2D eigenvalue weighted by atomic mass is 10.2. The Kier molecular flexibility index (Phi) is 4.13. The molecule has 1 aromatic carbocycles. The van der Waals surface area contributed by atoms with E-state index in [0.29, 0.717) is 18.2 Å². The first-order valence-corrected chi connectivity index (χ1v) is 9.01. The molecule has 1 aliphatic rings. The van der Waals surface area contributed by atoms with Crippen LogP contribution in [0.15, 0.2) is 41.8 Å². The number of carbonyl (C=O) groups excluding carboxylic acids is 1. The summed E-state index contributed by atoms with van der Waals surface area (Å²) in [5, 5.41) is 13.0. The lowest BCUT2D eigenvalue weighted by molar-refractivity contribution is 0.0949. The van der Waals surface area contributed by atoms with Crippen LogP contribution in [0.3, 0.4) is 0 Å². The SMILES string of the molecule is O=C(NCCc1csc(-c2ccccc2)n1)c1cc(C2CC2)[nH]n1. The first-order chi connectivity index (χ1) is 11.8. The molecule has 2 heterocycles. The normalized spacial score (nSPS) is 13.8. The summed E-state index contributed by atoms with van der Waals surface area (Å²) in [5.41, 5.74) is 3.68. The largest absolute Gasteiger partial charge is 0.350 e. The maximum atomic E-state index is 12.1. The molecule has 1 aliphatic carbocycles. The van der Waals surface area contributed by atoms with Gasteiger partial charge in [-0.15, -0.1) is 11.3 Å². The van der Waals surface area contributed by atoms with Crippen molar-refractivity contribution in [1.29, 1.82) is 0 Å². The zero-order chi connectivity index (χ0) is 16.4. The number of aromatic amines is 1. The summed E-state index contributed by atoms with van der Waals surface area (Å²) >= 11 is 1.63. The Morgan fingerprint density at radius 3 is 2.92 bits per heavy atom. The van der Waals surface area contributed by atoms with Gasteiger partial charge in [0.1, 0.15) is 10.7 Å². The van der Waals surface area contributed by atoms with Gasteiger partial charge in [0.15, 0.2) is 0 Å². The summed E-state index contributed by atoms with van der Waals surface area (Å²) in [6.45, 7) is 0.558. The Balaban J connectivity index is 1.30. The van der Waals surface area contributed by atoms with Crippen LogP contribution in [0.2, 0.25) is 0 Å². The lowest BCUT2D eigenvalue weighted by Crippen LogP contribution is -2.26. The van der Waals surface area contributed by atoms with Gasteiger partial charge in [-0.2, -0.15) is 5.10 Å². The van der Waals surface area contributed by atoms with Gasteiger partial charge in [0, 0.05) is 35.5 Å². The van der Waals surface area contributed by atoms with E-state index in [-0.39, 0.29) is 5.91 Å². The van der Waals surface area contributed by atoms with Crippen molar-refractivity contribution in [3.63, 3.8) is 0 Å². The van der Waals surface area contributed by atoms with Gasteiger partial charge in [0.2, 0.25) is 0 Å². The van der Waals surface area contributed by atoms with Crippen LogP contribution in [0.4, 0.5) is 0 Å². The summed E-state index contributed by atoms with van der Waals surface area (Å²) < 4.78 is 0. The molecule has 0 aliphatic heterocycles. The number of hydrogen-bond donors (Lipinski definition) is 2. The smallest absolute Gasteiger partial charge is 0.271 e. The predicted octanol–water partition coefficient (Wildman–Crippen LogP) is 3.38. The van der Waals surface area contributed by atoms with Gasteiger partial charge >= 0.3 is 0 Å². The van der Waals surface area contributed by atoms with E-state index in [1.54, 1.807) is 11.3 Å². The maximum Gasteiger partial charge on any atom is 0.271 e. The van der Waals surface area contributed by atoms with Gasteiger partial charge in [-0.05, 0) is 18.9 Å². The molecular weight excluding hydrogens is 320 g/mol. The minimum Gasteiger partial charge on any atom is -0.350 e. The van der Waals surface area contributed by atoms with E-state index in [1.165, 1.54) is 12.8 Å². The second-order valence-electron chi connectivity index (χ2n) is 6.00. The Morgan fingerprint density at radius 2 is 2.12 bits per heavy atom. The van der Waals surface area contributed by atoms with Gasteiger partial charge in [-0.3, -0.25) is 9.89 Å². The molecule has 1 saturated carbocycles. The topological polar surface area (TPSA) is 70.7 Å². The highest BCUT2D eigenvalue weighted by Crippen LogP contribution is 2.38. The van der Waals surface area contributed by atoms with Crippen molar-refractivity contribution in [2.75, 3.05) is 6.54 Å². The van der Waals surface area contributed by atoms with Crippen molar-refractivity contribution < 1.29 is 4.79 Å². The van der Waals surface area contributed by atoms with Crippen LogP contribution < -0.4 is 5.32 Å². The highest BCUT2D eigenvalue weighted by molar-refractivity contribution is 7.13. The molecule has 0 radical (unpaired) electrons. The van der Waals surface area contributed by atoms with E-state index in [1.807, 2.05) is 29.6 Å². The molecule has 6 heteroatoms. The zero-order valence-electron chi connectivity index (χ0n) is 13.2. The van der Waals surface area contributed by atoms with Gasteiger partial charge in [0.05, 0.1) is 5.69 Å². The Labute approximate surface area is 144 Å². The highest BCUT2D eigenvalue weighted by Gasteiger charge is 2.26. The molecule has 0 spiro atoms. The number of amides is 1. The van der Waals surface area contributed by atoms with Crippen LogP contribution in [0.25, 0.3) is 10.6 Å². The average molecular weight is 338 g/mol. The maximum absolute atomic E-state index is 12.1. The minimum absolute atomic E-state index is 0.128.